The standard InChI is InChI=1S/C18H23N3O3S/c19-14-15-6-8-17(9-7-15)25(23,24)21-12-2-1-4-16(21)10-13-20-11-3-5-18(20)22/h6-9,16H,1-5,10-13H2/t16-/m0/s1. The summed E-state index contributed by atoms with van der Waals surface area (Å²) in [5, 5.41) is 8.88. The Morgan fingerprint density at radius 2 is 1.88 bits per heavy atom. The van der Waals surface area contributed by atoms with E-state index in [2.05, 4.69) is 0 Å². The number of amides is 1. The molecular weight excluding hydrogens is 338 g/mol. The number of carbonyl (C=O) groups excluding carboxylic acids is 1. The van der Waals surface area contributed by atoms with Crippen molar-refractivity contribution < 1.29 is 13.2 Å². The Kier molecular flexibility index (Phi) is 5.40. The summed E-state index contributed by atoms with van der Waals surface area (Å²) >= 11 is 0. The normalized spacial score (nSPS) is 22.1. The van der Waals surface area contributed by atoms with Crippen LogP contribution in [0.1, 0.15) is 44.1 Å². The number of carbonyl (C=O) groups is 1. The van der Waals surface area contributed by atoms with Gasteiger partial charge in [0.1, 0.15) is 0 Å². The maximum atomic E-state index is 13.0. The van der Waals surface area contributed by atoms with Gasteiger partial charge in [-0.1, -0.05) is 6.42 Å². The molecule has 0 radical (unpaired) electrons. The van der Waals surface area contributed by atoms with Crippen molar-refractivity contribution in [3.05, 3.63) is 29.8 Å². The molecule has 2 aliphatic heterocycles. The monoisotopic (exact) mass is 361 g/mol. The van der Waals surface area contributed by atoms with E-state index in [-0.39, 0.29) is 16.8 Å². The highest BCUT2D eigenvalue weighted by Gasteiger charge is 2.34. The molecule has 0 spiro atoms. The largest absolute Gasteiger partial charge is 0.343 e. The first-order valence-electron chi connectivity index (χ1n) is 8.82. The van der Waals surface area contributed by atoms with Crippen LogP contribution in [0.4, 0.5) is 0 Å². The number of benzene rings is 1. The third-order valence-electron chi connectivity index (χ3n) is 5.07. The van der Waals surface area contributed by atoms with E-state index in [1.54, 1.807) is 4.31 Å². The van der Waals surface area contributed by atoms with Gasteiger partial charge < -0.3 is 4.90 Å². The Hall–Kier alpha value is -1.91. The summed E-state index contributed by atoms with van der Waals surface area (Å²) in [5.41, 5.74) is 0.446. The zero-order valence-electron chi connectivity index (χ0n) is 14.2. The minimum Gasteiger partial charge on any atom is -0.343 e. The molecule has 2 heterocycles. The fourth-order valence-electron chi connectivity index (χ4n) is 3.66. The molecule has 1 aromatic carbocycles. The molecule has 2 fully saturated rings. The van der Waals surface area contributed by atoms with Crippen molar-refractivity contribution in [2.45, 2.75) is 49.5 Å². The van der Waals surface area contributed by atoms with Crippen LogP contribution >= 0.6 is 0 Å². The Morgan fingerprint density at radius 1 is 1.12 bits per heavy atom. The van der Waals surface area contributed by atoms with Gasteiger partial charge in [0.2, 0.25) is 15.9 Å². The third kappa shape index (κ3) is 3.86. The summed E-state index contributed by atoms with van der Waals surface area (Å²) in [6, 6.07) is 8.02. The summed E-state index contributed by atoms with van der Waals surface area (Å²) in [7, 11) is -3.57. The van der Waals surface area contributed by atoms with Crippen LogP contribution < -0.4 is 0 Å². The highest BCUT2D eigenvalue weighted by atomic mass is 32.2. The molecule has 0 saturated carbocycles. The number of sulfonamides is 1. The second-order valence-corrected chi connectivity index (χ2v) is 8.57. The van der Waals surface area contributed by atoms with Gasteiger partial charge in [0.15, 0.2) is 0 Å². The predicted octanol–water partition coefficient (Wildman–Crippen LogP) is 2.11. The second kappa shape index (κ2) is 7.54. The van der Waals surface area contributed by atoms with Crippen molar-refractivity contribution >= 4 is 15.9 Å². The molecule has 25 heavy (non-hydrogen) atoms. The van der Waals surface area contributed by atoms with Crippen molar-refractivity contribution in [3.8, 4) is 6.07 Å². The van der Waals surface area contributed by atoms with Gasteiger partial charge in [-0.2, -0.15) is 9.57 Å². The van der Waals surface area contributed by atoms with Crippen LogP contribution in [0.3, 0.4) is 0 Å². The number of likely N-dealkylation sites (tertiary alicyclic amines) is 1. The highest BCUT2D eigenvalue weighted by Crippen LogP contribution is 2.28. The Bertz CT molecular complexity index is 768. The summed E-state index contributed by atoms with van der Waals surface area (Å²) < 4.78 is 27.6. The van der Waals surface area contributed by atoms with E-state index < -0.39 is 10.0 Å². The molecule has 0 unspecified atom stereocenters. The van der Waals surface area contributed by atoms with E-state index in [1.165, 1.54) is 24.3 Å². The van der Waals surface area contributed by atoms with Crippen molar-refractivity contribution in [1.29, 1.82) is 5.26 Å². The Balaban J connectivity index is 1.74. The van der Waals surface area contributed by atoms with Crippen molar-refractivity contribution in [3.63, 3.8) is 0 Å². The molecule has 134 valence electrons. The molecule has 0 aliphatic carbocycles. The van der Waals surface area contributed by atoms with Gasteiger partial charge in [-0.3, -0.25) is 4.79 Å². The van der Waals surface area contributed by atoms with Crippen LogP contribution in [0.25, 0.3) is 0 Å². The summed E-state index contributed by atoms with van der Waals surface area (Å²) in [4.78, 5) is 13.9. The lowest BCUT2D eigenvalue weighted by molar-refractivity contribution is -0.127. The molecule has 0 N–H and O–H groups in total. The molecule has 1 aromatic rings. The average Bonchev–Trinajstić information content (AvgIpc) is 3.05. The van der Waals surface area contributed by atoms with Crippen molar-refractivity contribution in [2.75, 3.05) is 19.6 Å². The van der Waals surface area contributed by atoms with Crippen LogP contribution in [-0.2, 0) is 14.8 Å². The van der Waals surface area contributed by atoms with Gasteiger partial charge in [-0.15, -0.1) is 0 Å². The zero-order chi connectivity index (χ0) is 17.9. The summed E-state index contributed by atoms with van der Waals surface area (Å²) in [5.74, 6) is 0.178. The van der Waals surface area contributed by atoms with E-state index in [1.807, 2.05) is 11.0 Å². The van der Waals surface area contributed by atoms with Crippen LogP contribution in [0.2, 0.25) is 0 Å². The van der Waals surface area contributed by atoms with Gasteiger partial charge in [0.05, 0.1) is 16.5 Å². The van der Waals surface area contributed by atoms with E-state index in [4.69, 9.17) is 5.26 Å². The lowest BCUT2D eigenvalue weighted by atomic mass is 10.0. The molecule has 2 aliphatic rings. The maximum Gasteiger partial charge on any atom is 0.243 e. The van der Waals surface area contributed by atoms with Gasteiger partial charge in [0.25, 0.3) is 0 Å². The molecule has 1 amide bonds. The first kappa shape index (κ1) is 17.9. The first-order valence-corrected chi connectivity index (χ1v) is 10.3. The van der Waals surface area contributed by atoms with E-state index in [0.29, 0.717) is 31.5 Å². The molecule has 6 nitrogen and oxygen atoms in total. The zero-order valence-corrected chi connectivity index (χ0v) is 15.0. The number of nitriles is 1. The van der Waals surface area contributed by atoms with Crippen LogP contribution in [0, 0.1) is 11.3 Å². The van der Waals surface area contributed by atoms with Gasteiger partial charge in [-0.05, 0) is 49.9 Å². The minimum absolute atomic E-state index is 0.0669. The third-order valence-corrected chi connectivity index (χ3v) is 7.03. The highest BCUT2D eigenvalue weighted by molar-refractivity contribution is 7.89. The van der Waals surface area contributed by atoms with Crippen molar-refractivity contribution in [1.82, 2.24) is 9.21 Å². The van der Waals surface area contributed by atoms with Gasteiger partial charge in [-0.25, -0.2) is 8.42 Å². The van der Waals surface area contributed by atoms with E-state index in [0.717, 1.165) is 32.2 Å². The second-order valence-electron chi connectivity index (χ2n) is 6.67. The number of hydrogen-bond acceptors (Lipinski definition) is 4. The average molecular weight is 361 g/mol. The maximum absolute atomic E-state index is 13.0. The number of nitrogens with zero attached hydrogens (tertiary/aromatic N) is 3. The first-order chi connectivity index (χ1) is 12.0. The molecule has 2 saturated heterocycles. The fraction of sp³-hybridized carbons (Fsp3) is 0.556. The Labute approximate surface area is 149 Å². The van der Waals surface area contributed by atoms with Gasteiger partial charge >= 0.3 is 0 Å². The summed E-state index contributed by atoms with van der Waals surface area (Å²) in [6.07, 6.45) is 4.89. The topological polar surface area (TPSA) is 81.5 Å². The molecular formula is C18H23N3O3S. The van der Waals surface area contributed by atoms with Crippen LogP contribution in [-0.4, -0.2) is 49.2 Å². The summed E-state index contributed by atoms with van der Waals surface area (Å²) in [6.45, 7) is 1.93. The van der Waals surface area contributed by atoms with E-state index >= 15 is 0 Å². The number of rotatable bonds is 5. The van der Waals surface area contributed by atoms with Crippen LogP contribution in [0.15, 0.2) is 29.2 Å². The quantitative estimate of drug-likeness (QED) is 0.804. The lowest BCUT2D eigenvalue weighted by Gasteiger charge is -2.35. The van der Waals surface area contributed by atoms with E-state index in [9.17, 15) is 13.2 Å². The molecule has 7 heteroatoms. The predicted molar refractivity (Wildman–Crippen MR) is 93.1 cm³/mol. The smallest absolute Gasteiger partial charge is 0.243 e. The molecule has 3 rings (SSSR count). The Morgan fingerprint density at radius 3 is 2.52 bits per heavy atom. The number of hydrogen-bond donors (Lipinski definition) is 0. The number of piperidine rings is 1. The molecule has 1 atom stereocenters. The lowest BCUT2D eigenvalue weighted by Crippen LogP contribution is -2.45. The van der Waals surface area contributed by atoms with Crippen LogP contribution in [0.5, 0.6) is 0 Å². The van der Waals surface area contributed by atoms with Crippen molar-refractivity contribution in [2.24, 2.45) is 0 Å². The SMILES string of the molecule is N#Cc1ccc(S(=O)(=O)N2CCCC[C@H]2CCN2CCCC2=O)cc1. The molecule has 0 aromatic heterocycles. The minimum atomic E-state index is -3.57. The fourth-order valence-corrected chi connectivity index (χ4v) is 5.38. The molecule has 0 bridgehead atoms. The van der Waals surface area contributed by atoms with Gasteiger partial charge in [0, 0.05) is 32.1 Å².